The van der Waals surface area contributed by atoms with Gasteiger partial charge < -0.3 is 72.9 Å². The predicted octanol–water partition coefficient (Wildman–Crippen LogP) is 15.6. The van der Waals surface area contributed by atoms with Gasteiger partial charge in [0.1, 0.15) is 48.8 Å². The highest BCUT2D eigenvalue weighted by molar-refractivity contribution is 6.17. The number of benzene rings is 7. The van der Waals surface area contributed by atoms with Crippen molar-refractivity contribution in [3.8, 4) is 17.2 Å². The van der Waals surface area contributed by atoms with E-state index in [0.29, 0.717) is 33.9 Å². The number of rotatable bonds is 30. The van der Waals surface area contributed by atoms with E-state index in [1.54, 1.807) is 185 Å². The van der Waals surface area contributed by atoms with E-state index in [1.165, 1.54) is 6.42 Å². The fourth-order valence-electron chi connectivity index (χ4n) is 11.3. The van der Waals surface area contributed by atoms with Crippen molar-refractivity contribution in [1.29, 1.82) is 0 Å². The van der Waals surface area contributed by atoms with Crippen molar-refractivity contribution in [2.75, 3.05) is 21.3 Å². The fourth-order valence-corrected chi connectivity index (χ4v) is 11.5. The largest absolute Gasteiger partial charge is 0.497 e. The van der Waals surface area contributed by atoms with Crippen LogP contribution in [0.1, 0.15) is 179 Å². The van der Waals surface area contributed by atoms with Gasteiger partial charge in [-0.05, 0) is 141 Å². The lowest BCUT2D eigenvalue weighted by atomic mass is 9.98. The van der Waals surface area contributed by atoms with Crippen LogP contribution in [-0.2, 0) is 100 Å². The number of carbonyl (C=O) groups is 10. The van der Waals surface area contributed by atoms with Gasteiger partial charge >= 0.3 is 59.7 Å². The first-order valence-corrected chi connectivity index (χ1v) is 37.9. The molecule has 5 N–H and O–H groups in total. The summed E-state index contributed by atoms with van der Waals surface area (Å²) >= 11 is 5.58. The number of alkyl halides is 1. The van der Waals surface area contributed by atoms with Crippen LogP contribution in [0.4, 0.5) is 0 Å². The van der Waals surface area contributed by atoms with Crippen molar-refractivity contribution >= 4 is 71.3 Å². The zero-order valence-corrected chi connectivity index (χ0v) is 65.5. The Balaban J connectivity index is 0.000000259. The fraction of sp³-hybridized carbons (Fsp3) is 0.348. The summed E-state index contributed by atoms with van der Waals surface area (Å²) in [6.45, 7) is 10.6. The van der Waals surface area contributed by atoms with Crippen LogP contribution in [0, 0.1) is 0 Å². The highest BCUT2D eigenvalue weighted by Crippen LogP contribution is 2.28. The second-order valence-electron chi connectivity index (χ2n) is 26.5. The third-order valence-corrected chi connectivity index (χ3v) is 18.0. The molecule has 3 fully saturated rings. The Kier molecular flexibility index (Phi) is 42.7. The van der Waals surface area contributed by atoms with Crippen molar-refractivity contribution in [2.45, 2.75) is 177 Å². The van der Waals surface area contributed by atoms with E-state index in [1.807, 2.05) is 30.3 Å². The van der Waals surface area contributed by atoms with Crippen LogP contribution < -0.4 is 14.2 Å². The smallest absolute Gasteiger partial charge is 0.352 e. The molecule has 614 valence electrons. The number of hydrogen-bond acceptors (Lipinski definition) is 22. The Morgan fingerprint density at radius 1 is 0.365 bits per heavy atom. The van der Waals surface area contributed by atoms with Gasteiger partial charge in [0, 0.05) is 33.7 Å². The van der Waals surface area contributed by atoms with E-state index in [9.17, 15) is 58.2 Å². The lowest BCUT2D eigenvalue weighted by molar-refractivity contribution is -0.167. The molecule has 0 aromatic heterocycles. The van der Waals surface area contributed by atoms with Gasteiger partial charge in [0.05, 0.1) is 40.6 Å². The number of carbonyl (C=O) groups excluding carboxylic acids is 7. The Hall–Kier alpha value is -11.9. The number of ether oxygens (including phenoxy) is 10. The summed E-state index contributed by atoms with van der Waals surface area (Å²) in [7, 11) is 4.80. The SMILES string of the molecule is C=C(CC(=O)OC1CCCCC1)C(=O)O.C=C(CC(=O)OC1CCCCC1)C(=O)O[C@@H](C(=O)O)c1ccccc1.C=C(CC(=O)OC1CCCCC1)C(=O)O[C@@H](C(=O)OCc1ccc(OC)cc1)c1ccccc1.COc1ccc(CCl)cc1.COc1ccc(COC(=O)[C@H](O)c2ccccc2)cc1.O=C(O)[C@H](O)c1ccccc1. The summed E-state index contributed by atoms with van der Waals surface area (Å²) in [5.41, 5.74) is 4.09. The van der Waals surface area contributed by atoms with Crippen molar-refractivity contribution in [2.24, 2.45) is 0 Å². The van der Waals surface area contributed by atoms with Gasteiger partial charge in [-0.2, -0.15) is 0 Å². The lowest BCUT2D eigenvalue weighted by Gasteiger charge is -2.22. The topological polar surface area (TPSA) is 364 Å². The summed E-state index contributed by atoms with van der Waals surface area (Å²) in [5.74, 6) is -5.51. The molecule has 3 aliphatic carbocycles. The van der Waals surface area contributed by atoms with Crippen LogP contribution in [0.2, 0.25) is 0 Å². The molecule has 4 atom stereocenters. The zero-order chi connectivity index (χ0) is 83.9. The number of hydrogen-bond donors (Lipinski definition) is 5. The van der Waals surface area contributed by atoms with Crippen LogP contribution in [0.3, 0.4) is 0 Å². The molecule has 115 heavy (non-hydrogen) atoms. The number of carboxylic acids is 3. The molecule has 0 bridgehead atoms. The average Bonchev–Trinajstić information content (AvgIpc) is 0.859. The standard InChI is InChI=1S/C27H30O7.C19H22O6.C16H16O4.C11H16O4.C8H9ClO.C8H8O3/c1-19(17-24(28)33-23-11-7-4-8-12-23)26(29)34-25(21-9-5-3-6-10-21)27(30)32-18-20-13-15-22(31-2)16-14-20;1-13(12-16(20)24-15-10-6-3-7-11-15)19(23)25-17(18(21)22)14-8-4-2-5-9-14;1-19-14-9-7-12(8-10-14)11-20-16(18)15(17)13-5-3-2-4-6-13;1-8(11(13)14)7-10(12)15-9-5-3-2-4-6-9;1-10-8-4-2-7(6-9)3-5-8;9-7(8(10)11)6-4-2-1-3-5-6/h3,5-6,9-10,13-16,23,25H,1,4,7-8,11-12,17-18H2,2H3;2,4-5,8-9,15,17H,1,3,6-7,10-12H2,(H,21,22);2-10,15,17H,11H2,1H3;9H,1-7H2,(H,13,14);2-5H,6H2,1H3;1-5,7,9H,(H,10,11)/t25-;17-;15-;;;7-/m111..1/s1. The Morgan fingerprint density at radius 3 is 0.974 bits per heavy atom. The van der Waals surface area contributed by atoms with Crippen molar-refractivity contribution in [1.82, 2.24) is 0 Å². The Labute approximate surface area is 674 Å². The van der Waals surface area contributed by atoms with Gasteiger partial charge in [0.25, 0.3) is 0 Å². The minimum absolute atomic E-state index is 0.00161. The van der Waals surface area contributed by atoms with Gasteiger partial charge in [-0.3, -0.25) is 14.4 Å². The second kappa shape index (κ2) is 52.4. The third-order valence-electron chi connectivity index (χ3n) is 17.7. The summed E-state index contributed by atoms with van der Waals surface area (Å²) in [6, 6.07) is 55.6. The van der Waals surface area contributed by atoms with E-state index < -0.39 is 84.1 Å². The Morgan fingerprint density at radius 2 is 0.661 bits per heavy atom. The molecule has 0 aliphatic heterocycles. The molecule has 26 heteroatoms. The normalized spacial score (nSPS) is 14.0. The molecule has 0 radical (unpaired) electrons. The molecule has 3 saturated carbocycles. The number of aliphatic carboxylic acids is 3. The maximum atomic E-state index is 12.8. The number of methoxy groups -OCH3 is 3. The van der Waals surface area contributed by atoms with Gasteiger partial charge in [-0.25, -0.2) is 33.6 Å². The van der Waals surface area contributed by atoms with E-state index >= 15 is 0 Å². The van der Waals surface area contributed by atoms with E-state index in [2.05, 4.69) is 19.7 Å². The molecule has 3 aliphatic rings. The summed E-state index contributed by atoms with van der Waals surface area (Å²) < 4.78 is 52.0. The van der Waals surface area contributed by atoms with E-state index in [4.69, 9.17) is 74.3 Å². The summed E-state index contributed by atoms with van der Waals surface area (Å²) in [4.78, 5) is 117. The van der Waals surface area contributed by atoms with Crippen LogP contribution >= 0.6 is 11.6 Å². The molecule has 7 aromatic carbocycles. The molecule has 0 heterocycles. The number of aliphatic hydroxyl groups excluding tert-OH is 2. The van der Waals surface area contributed by atoms with Crippen LogP contribution in [-0.4, -0.2) is 125 Å². The lowest BCUT2D eigenvalue weighted by Crippen LogP contribution is -2.25. The first kappa shape index (κ1) is 93.7. The zero-order valence-electron chi connectivity index (χ0n) is 64.8. The minimum atomic E-state index is -1.44. The summed E-state index contributed by atoms with van der Waals surface area (Å²) in [6.07, 6.45) is 8.39. The molecule has 25 nitrogen and oxygen atoms in total. The highest BCUT2D eigenvalue weighted by Gasteiger charge is 2.31. The number of carboxylic acid groups (broad SMARTS) is 3. The number of aliphatic hydroxyl groups is 2. The highest BCUT2D eigenvalue weighted by atomic mass is 35.5. The predicted molar refractivity (Wildman–Crippen MR) is 425 cm³/mol. The minimum Gasteiger partial charge on any atom is -0.497 e. The van der Waals surface area contributed by atoms with E-state index in [-0.39, 0.29) is 67.5 Å². The average molecular weight is 1610 g/mol. The Bertz CT molecular complexity index is 4150. The van der Waals surface area contributed by atoms with Crippen molar-refractivity contribution < 1.29 is 121 Å². The first-order valence-electron chi connectivity index (χ1n) is 37.4. The van der Waals surface area contributed by atoms with Gasteiger partial charge in [-0.15, -0.1) is 11.6 Å². The van der Waals surface area contributed by atoms with Crippen molar-refractivity contribution in [3.05, 3.63) is 270 Å². The molecule has 7 aromatic rings. The molecular weight excluding hydrogens is 1500 g/mol. The monoisotopic (exact) mass is 1600 g/mol. The number of esters is 7. The molecule has 0 amide bonds. The molecule has 10 rings (SSSR count). The molecule has 0 saturated heterocycles. The second-order valence-corrected chi connectivity index (χ2v) is 26.8. The quantitative estimate of drug-likeness (QED) is 0.0121. The van der Waals surface area contributed by atoms with E-state index in [0.717, 1.165) is 118 Å². The third kappa shape index (κ3) is 36.2. The van der Waals surface area contributed by atoms with Crippen LogP contribution in [0.15, 0.2) is 231 Å². The first-order chi connectivity index (χ1) is 55.3. The van der Waals surface area contributed by atoms with Crippen LogP contribution in [0.5, 0.6) is 17.2 Å². The molecule has 0 unspecified atom stereocenters. The summed E-state index contributed by atoms with van der Waals surface area (Å²) in [5, 5.41) is 45.0. The molecule has 0 spiro atoms. The maximum absolute atomic E-state index is 12.8. The molecular formula is C89H101ClO25. The maximum Gasteiger partial charge on any atom is 0.352 e. The van der Waals surface area contributed by atoms with Gasteiger partial charge in [0.15, 0.2) is 12.2 Å². The van der Waals surface area contributed by atoms with Gasteiger partial charge in [-0.1, -0.05) is 197 Å². The van der Waals surface area contributed by atoms with Crippen LogP contribution in [0.25, 0.3) is 0 Å². The van der Waals surface area contributed by atoms with Gasteiger partial charge in [0.2, 0.25) is 12.2 Å². The van der Waals surface area contributed by atoms with Crippen molar-refractivity contribution in [3.63, 3.8) is 0 Å². The number of halogens is 1.